The number of nitrogens with one attached hydrogen (secondary N) is 1. The Morgan fingerprint density at radius 1 is 0.875 bits per heavy atom. The van der Waals surface area contributed by atoms with Gasteiger partial charge in [-0.2, -0.15) is 0 Å². The molecule has 6 nitrogen and oxygen atoms in total. The number of ketones is 2. The molecule has 1 heterocycles. The number of amides is 1. The highest BCUT2D eigenvalue weighted by Gasteiger charge is 2.30. The van der Waals surface area contributed by atoms with Gasteiger partial charge in [-0.05, 0) is 54.1 Å². The van der Waals surface area contributed by atoms with Crippen LogP contribution in [0.2, 0.25) is 5.02 Å². The van der Waals surface area contributed by atoms with E-state index in [0.29, 0.717) is 27.5 Å². The lowest BCUT2D eigenvalue weighted by Crippen LogP contribution is -2.46. The molecular formula is C25H18ClN3O3. The molecule has 0 saturated carbocycles. The topological polar surface area (TPSA) is 92.5 Å². The molecule has 7 heteroatoms. The first-order chi connectivity index (χ1) is 15.4. The van der Waals surface area contributed by atoms with Crippen LogP contribution in [0.3, 0.4) is 0 Å². The first-order valence-electron chi connectivity index (χ1n) is 9.72. The molecule has 158 valence electrons. The summed E-state index contributed by atoms with van der Waals surface area (Å²) in [7, 11) is 0. The first-order valence-corrected chi connectivity index (χ1v) is 10.1. The summed E-state index contributed by atoms with van der Waals surface area (Å²) in [4.78, 5) is 39.1. The largest absolute Gasteiger partial charge is 0.399 e. The van der Waals surface area contributed by atoms with E-state index < -0.39 is 17.5 Å². The number of hydrogen-bond acceptors (Lipinski definition) is 5. The quantitative estimate of drug-likeness (QED) is 0.357. The van der Waals surface area contributed by atoms with Crippen LogP contribution in [0.5, 0.6) is 0 Å². The van der Waals surface area contributed by atoms with E-state index in [9.17, 15) is 14.4 Å². The Kier molecular flexibility index (Phi) is 5.87. The Labute approximate surface area is 189 Å². The third-order valence-corrected chi connectivity index (χ3v) is 5.10. The lowest BCUT2D eigenvalue weighted by Gasteiger charge is -2.30. The smallest absolute Gasteiger partial charge is 0.277 e. The summed E-state index contributed by atoms with van der Waals surface area (Å²) in [5.74, 6) is -1.41. The molecule has 0 aliphatic carbocycles. The maximum absolute atomic E-state index is 13.3. The molecule has 0 radical (unpaired) electrons. The molecule has 3 aromatic rings. The molecule has 0 unspecified atom stereocenters. The molecular weight excluding hydrogens is 426 g/mol. The number of anilines is 1. The molecule has 4 rings (SSSR count). The standard InChI is InChI=1S/C25H18ClN3O3/c26-19-10-6-17(7-11-19)23(30)15-22-24(31)14-21(16-4-2-1-3-5-16)28-29(22)25(32)18-8-12-20(27)13-9-18/h1-15,28H,27H2/b22-15+. The minimum Gasteiger partial charge on any atom is -0.399 e. The molecule has 0 atom stereocenters. The molecule has 1 aliphatic rings. The normalized spacial score (nSPS) is 14.7. The number of hydrogen-bond donors (Lipinski definition) is 2. The van der Waals surface area contributed by atoms with Gasteiger partial charge < -0.3 is 5.73 Å². The molecule has 0 fully saturated rings. The van der Waals surface area contributed by atoms with Crippen LogP contribution in [0.15, 0.2) is 96.7 Å². The zero-order valence-corrected chi connectivity index (χ0v) is 17.5. The van der Waals surface area contributed by atoms with Crippen LogP contribution < -0.4 is 11.2 Å². The SMILES string of the molecule is Nc1ccc(C(=O)N2NC(c3ccccc3)=CC(=O)/C2=C\C(=O)c2ccc(Cl)cc2)cc1. The fourth-order valence-electron chi connectivity index (χ4n) is 3.17. The maximum Gasteiger partial charge on any atom is 0.277 e. The summed E-state index contributed by atoms with van der Waals surface area (Å²) >= 11 is 5.89. The van der Waals surface area contributed by atoms with Gasteiger partial charge in [-0.3, -0.25) is 19.8 Å². The van der Waals surface area contributed by atoms with Gasteiger partial charge in [-0.25, -0.2) is 5.01 Å². The number of nitrogens with two attached hydrogens (primary N) is 1. The predicted octanol–water partition coefficient (Wildman–Crippen LogP) is 4.26. The van der Waals surface area contributed by atoms with Crippen molar-refractivity contribution in [3.63, 3.8) is 0 Å². The Balaban J connectivity index is 1.75. The summed E-state index contributed by atoms with van der Waals surface area (Å²) in [5.41, 5.74) is 10.9. The first kappa shape index (κ1) is 21.1. The molecule has 0 aromatic heterocycles. The van der Waals surface area contributed by atoms with Crippen molar-refractivity contribution >= 4 is 40.5 Å². The molecule has 0 saturated heterocycles. The number of allylic oxidation sites excluding steroid dienone is 2. The lowest BCUT2D eigenvalue weighted by atomic mass is 10.0. The zero-order valence-electron chi connectivity index (χ0n) is 16.8. The summed E-state index contributed by atoms with van der Waals surface area (Å²) < 4.78 is 0. The summed E-state index contributed by atoms with van der Waals surface area (Å²) in [6, 6.07) is 21.7. The van der Waals surface area contributed by atoms with Crippen molar-refractivity contribution in [2.75, 3.05) is 5.73 Å². The third kappa shape index (κ3) is 4.45. The molecule has 3 aromatic carbocycles. The van der Waals surface area contributed by atoms with Crippen molar-refractivity contribution in [2.24, 2.45) is 0 Å². The van der Waals surface area contributed by atoms with Crippen LogP contribution in [-0.2, 0) is 4.79 Å². The number of nitrogens with zero attached hydrogens (tertiary/aromatic N) is 1. The Bertz CT molecular complexity index is 1250. The van der Waals surface area contributed by atoms with Crippen molar-refractivity contribution in [3.8, 4) is 0 Å². The highest BCUT2D eigenvalue weighted by atomic mass is 35.5. The van der Waals surface area contributed by atoms with E-state index in [1.807, 2.05) is 30.3 Å². The van der Waals surface area contributed by atoms with E-state index in [4.69, 9.17) is 17.3 Å². The number of nitrogen functional groups attached to an aromatic ring is 1. The van der Waals surface area contributed by atoms with Gasteiger partial charge in [-0.1, -0.05) is 41.9 Å². The average Bonchev–Trinajstić information content (AvgIpc) is 2.81. The highest BCUT2D eigenvalue weighted by Crippen LogP contribution is 2.23. The van der Waals surface area contributed by atoms with E-state index in [-0.39, 0.29) is 5.70 Å². The van der Waals surface area contributed by atoms with Gasteiger partial charge in [0, 0.05) is 34.0 Å². The third-order valence-electron chi connectivity index (χ3n) is 4.84. The van der Waals surface area contributed by atoms with E-state index in [2.05, 4.69) is 5.43 Å². The number of carbonyl (C=O) groups is 3. The van der Waals surface area contributed by atoms with Gasteiger partial charge in [-0.15, -0.1) is 0 Å². The van der Waals surface area contributed by atoms with Gasteiger partial charge >= 0.3 is 0 Å². The van der Waals surface area contributed by atoms with Crippen LogP contribution in [0.4, 0.5) is 5.69 Å². The summed E-state index contributed by atoms with van der Waals surface area (Å²) in [5, 5.41) is 1.57. The number of rotatable bonds is 4. The van der Waals surface area contributed by atoms with E-state index in [1.54, 1.807) is 48.5 Å². The fraction of sp³-hybridized carbons (Fsp3) is 0. The van der Waals surface area contributed by atoms with Gasteiger partial charge in [0.05, 0.1) is 5.70 Å². The number of benzene rings is 3. The summed E-state index contributed by atoms with van der Waals surface area (Å²) in [6.45, 7) is 0. The second-order valence-electron chi connectivity index (χ2n) is 7.06. The van der Waals surface area contributed by atoms with Gasteiger partial charge in [0.15, 0.2) is 5.78 Å². The summed E-state index contributed by atoms with van der Waals surface area (Å²) in [6.07, 6.45) is 2.51. The molecule has 0 spiro atoms. The second kappa shape index (κ2) is 8.91. The monoisotopic (exact) mass is 443 g/mol. The van der Waals surface area contributed by atoms with Crippen molar-refractivity contribution in [1.82, 2.24) is 10.4 Å². The molecule has 32 heavy (non-hydrogen) atoms. The van der Waals surface area contributed by atoms with Crippen LogP contribution in [-0.4, -0.2) is 22.5 Å². The second-order valence-corrected chi connectivity index (χ2v) is 7.50. The van der Waals surface area contributed by atoms with Crippen LogP contribution in [0.1, 0.15) is 26.3 Å². The van der Waals surface area contributed by atoms with E-state index >= 15 is 0 Å². The lowest BCUT2D eigenvalue weighted by molar-refractivity contribution is -0.113. The van der Waals surface area contributed by atoms with Crippen molar-refractivity contribution in [2.45, 2.75) is 0 Å². The van der Waals surface area contributed by atoms with Crippen molar-refractivity contribution in [1.29, 1.82) is 0 Å². The minimum absolute atomic E-state index is 0.0912. The number of halogens is 1. The van der Waals surface area contributed by atoms with Crippen LogP contribution >= 0.6 is 11.6 Å². The molecule has 0 bridgehead atoms. The molecule has 1 amide bonds. The van der Waals surface area contributed by atoms with Crippen molar-refractivity contribution < 1.29 is 14.4 Å². The number of carbonyl (C=O) groups excluding carboxylic acids is 3. The molecule has 3 N–H and O–H groups in total. The van der Waals surface area contributed by atoms with E-state index in [1.165, 1.54) is 6.08 Å². The molecule has 1 aliphatic heterocycles. The minimum atomic E-state index is -0.505. The van der Waals surface area contributed by atoms with Gasteiger partial charge in [0.1, 0.15) is 5.70 Å². The van der Waals surface area contributed by atoms with Crippen LogP contribution in [0.25, 0.3) is 5.70 Å². The highest BCUT2D eigenvalue weighted by molar-refractivity contribution is 6.30. The Hall–Kier alpha value is -4.16. The fourth-order valence-corrected chi connectivity index (χ4v) is 3.29. The van der Waals surface area contributed by atoms with Crippen LogP contribution in [0, 0.1) is 0 Å². The van der Waals surface area contributed by atoms with E-state index in [0.717, 1.165) is 16.6 Å². The number of hydrazine groups is 1. The Morgan fingerprint density at radius 2 is 1.50 bits per heavy atom. The van der Waals surface area contributed by atoms with Crippen molar-refractivity contribution in [3.05, 3.63) is 118 Å². The Morgan fingerprint density at radius 3 is 2.16 bits per heavy atom. The zero-order chi connectivity index (χ0) is 22.7. The van der Waals surface area contributed by atoms with Gasteiger partial charge in [0.25, 0.3) is 5.91 Å². The maximum atomic E-state index is 13.3. The van der Waals surface area contributed by atoms with Gasteiger partial charge in [0.2, 0.25) is 5.78 Å². The predicted molar refractivity (Wildman–Crippen MR) is 123 cm³/mol. The average molecular weight is 444 g/mol.